The van der Waals surface area contributed by atoms with Crippen LogP contribution in [-0.2, 0) is 0 Å². The van der Waals surface area contributed by atoms with Gasteiger partial charge in [0, 0.05) is 15.6 Å². The van der Waals surface area contributed by atoms with Crippen molar-refractivity contribution >= 4 is 50.2 Å². The number of alkyl halides is 1. The van der Waals surface area contributed by atoms with Gasteiger partial charge in [-0.1, -0.05) is 15.9 Å². The third-order valence-corrected chi connectivity index (χ3v) is 2.93. The number of halogens is 3. The third kappa shape index (κ3) is 3.03. The molecular formula is C10H7BrCl2O2. The minimum Gasteiger partial charge on any atom is -0.292 e. The van der Waals surface area contributed by atoms with Crippen molar-refractivity contribution in [1.82, 2.24) is 0 Å². The summed E-state index contributed by atoms with van der Waals surface area (Å²) in [5, 5.41) is -1.24. The van der Waals surface area contributed by atoms with Gasteiger partial charge in [-0.25, -0.2) is 0 Å². The topological polar surface area (TPSA) is 34.1 Å². The standard InChI is InChI=1S/C10H7BrCl2O2/c1-5(12)9(14)7-4-6(10(13)15)2-3-8(7)11/h2-5H,1H3. The number of benzene rings is 1. The van der Waals surface area contributed by atoms with Crippen molar-refractivity contribution in [2.45, 2.75) is 12.3 Å². The SMILES string of the molecule is CC(Cl)C(=O)c1cc(C(=O)Cl)ccc1Br. The van der Waals surface area contributed by atoms with Crippen molar-refractivity contribution < 1.29 is 9.59 Å². The van der Waals surface area contributed by atoms with E-state index in [0.29, 0.717) is 10.0 Å². The molecule has 0 aliphatic heterocycles. The monoisotopic (exact) mass is 308 g/mol. The highest BCUT2D eigenvalue weighted by atomic mass is 79.9. The van der Waals surface area contributed by atoms with Crippen LogP contribution in [-0.4, -0.2) is 16.4 Å². The van der Waals surface area contributed by atoms with E-state index in [1.54, 1.807) is 13.0 Å². The third-order valence-electron chi connectivity index (χ3n) is 1.82. The highest BCUT2D eigenvalue weighted by Gasteiger charge is 2.17. The fourth-order valence-electron chi connectivity index (χ4n) is 1.05. The Morgan fingerprint density at radius 3 is 2.47 bits per heavy atom. The molecule has 0 fully saturated rings. The quantitative estimate of drug-likeness (QED) is 0.485. The average molecular weight is 310 g/mol. The molecule has 80 valence electrons. The minimum absolute atomic E-state index is 0.247. The molecule has 5 heteroatoms. The Labute approximate surface area is 106 Å². The zero-order valence-corrected chi connectivity index (χ0v) is 10.9. The van der Waals surface area contributed by atoms with E-state index < -0.39 is 10.6 Å². The molecule has 1 aromatic carbocycles. The van der Waals surface area contributed by atoms with Gasteiger partial charge in [0.25, 0.3) is 5.24 Å². The number of hydrogen-bond acceptors (Lipinski definition) is 2. The number of ketones is 1. The second kappa shape index (κ2) is 5.10. The first-order chi connectivity index (χ1) is 6.93. The lowest BCUT2D eigenvalue weighted by molar-refractivity contribution is 0.0991. The summed E-state index contributed by atoms with van der Waals surface area (Å²) in [6.07, 6.45) is 0. The van der Waals surface area contributed by atoms with Crippen molar-refractivity contribution in [3.63, 3.8) is 0 Å². The molecule has 0 saturated heterocycles. The Morgan fingerprint density at radius 1 is 1.40 bits per heavy atom. The van der Waals surface area contributed by atoms with Crippen LogP contribution < -0.4 is 0 Å². The number of carbonyl (C=O) groups is 2. The molecule has 0 bridgehead atoms. The van der Waals surface area contributed by atoms with Crippen molar-refractivity contribution in [2.24, 2.45) is 0 Å². The van der Waals surface area contributed by atoms with E-state index in [9.17, 15) is 9.59 Å². The van der Waals surface area contributed by atoms with Gasteiger partial charge in [0.1, 0.15) is 0 Å². The van der Waals surface area contributed by atoms with Crippen molar-refractivity contribution in [1.29, 1.82) is 0 Å². The van der Waals surface area contributed by atoms with Crippen LogP contribution in [0.5, 0.6) is 0 Å². The molecule has 1 rings (SSSR count). The predicted molar refractivity (Wildman–Crippen MR) is 64.0 cm³/mol. The average Bonchev–Trinajstić information content (AvgIpc) is 2.16. The van der Waals surface area contributed by atoms with Gasteiger partial charge in [-0.15, -0.1) is 11.6 Å². The molecule has 0 amide bonds. The molecule has 1 atom stereocenters. The van der Waals surface area contributed by atoms with E-state index in [1.807, 2.05) is 0 Å². The van der Waals surface area contributed by atoms with Crippen LogP contribution in [0.4, 0.5) is 0 Å². The Morgan fingerprint density at radius 2 is 2.00 bits per heavy atom. The highest BCUT2D eigenvalue weighted by Crippen LogP contribution is 2.22. The second-order valence-electron chi connectivity index (χ2n) is 2.95. The lowest BCUT2D eigenvalue weighted by Gasteiger charge is -2.06. The van der Waals surface area contributed by atoms with Gasteiger partial charge in [0.15, 0.2) is 5.78 Å². The molecule has 1 aromatic rings. The minimum atomic E-state index is -0.637. The summed E-state index contributed by atoms with van der Waals surface area (Å²) in [6.45, 7) is 1.57. The Bertz CT molecular complexity index is 416. The van der Waals surface area contributed by atoms with Crippen LogP contribution in [0, 0.1) is 0 Å². The molecule has 2 nitrogen and oxygen atoms in total. The molecule has 0 radical (unpaired) electrons. The van der Waals surface area contributed by atoms with E-state index in [-0.39, 0.29) is 11.3 Å². The molecule has 0 spiro atoms. The molecule has 0 aliphatic rings. The Kier molecular flexibility index (Phi) is 4.32. The van der Waals surface area contributed by atoms with E-state index >= 15 is 0 Å². The molecule has 0 heterocycles. The molecular weight excluding hydrogens is 303 g/mol. The summed E-state index contributed by atoms with van der Waals surface area (Å²) in [5.74, 6) is -0.247. The van der Waals surface area contributed by atoms with Crippen LogP contribution in [0.3, 0.4) is 0 Å². The van der Waals surface area contributed by atoms with Crippen molar-refractivity contribution in [2.75, 3.05) is 0 Å². The van der Waals surface area contributed by atoms with Crippen LogP contribution >= 0.6 is 39.1 Å². The van der Waals surface area contributed by atoms with E-state index in [2.05, 4.69) is 15.9 Å². The number of carbonyl (C=O) groups excluding carboxylic acids is 2. The lowest BCUT2D eigenvalue weighted by Crippen LogP contribution is -2.11. The molecule has 0 aromatic heterocycles. The van der Waals surface area contributed by atoms with Crippen LogP contribution in [0.15, 0.2) is 22.7 Å². The van der Waals surface area contributed by atoms with Crippen molar-refractivity contribution in [3.05, 3.63) is 33.8 Å². The van der Waals surface area contributed by atoms with Gasteiger partial charge in [-0.3, -0.25) is 9.59 Å². The molecule has 1 unspecified atom stereocenters. The first-order valence-electron chi connectivity index (χ1n) is 4.11. The fourth-order valence-corrected chi connectivity index (χ4v) is 1.73. The van der Waals surface area contributed by atoms with E-state index in [0.717, 1.165) is 0 Å². The van der Waals surface area contributed by atoms with Gasteiger partial charge < -0.3 is 0 Å². The largest absolute Gasteiger partial charge is 0.292 e. The maximum atomic E-state index is 11.6. The van der Waals surface area contributed by atoms with E-state index in [4.69, 9.17) is 23.2 Å². The lowest BCUT2D eigenvalue weighted by atomic mass is 10.1. The second-order valence-corrected chi connectivity index (χ2v) is 4.80. The van der Waals surface area contributed by atoms with Crippen molar-refractivity contribution in [3.8, 4) is 0 Å². The molecule has 15 heavy (non-hydrogen) atoms. The maximum Gasteiger partial charge on any atom is 0.252 e. The molecule has 0 N–H and O–H groups in total. The van der Waals surface area contributed by atoms with E-state index in [1.165, 1.54) is 12.1 Å². The molecule has 0 aliphatic carbocycles. The first-order valence-corrected chi connectivity index (χ1v) is 5.72. The highest BCUT2D eigenvalue weighted by molar-refractivity contribution is 9.10. The zero-order chi connectivity index (χ0) is 11.6. The Hall–Kier alpha value is -0.380. The van der Waals surface area contributed by atoms with Gasteiger partial charge in [0.05, 0.1) is 5.38 Å². The van der Waals surface area contributed by atoms with Gasteiger partial charge in [0.2, 0.25) is 0 Å². The zero-order valence-electron chi connectivity index (χ0n) is 7.76. The predicted octanol–water partition coefficient (Wildman–Crippen LogP) is 3.64. The smallest absolute Gasteiger partial charge is 0.252 e. The number of hydrogen-bond donors (Lipinski definition) is 0. The van der Waals surface area contributed by atoms with Crippen LogP contribution in [0.1, 0.15) is 27.6 Å². The number of rotatable bonds is 3. The van der Waals surface area contributed by atoms with Crippen LogP contribution in [0.25, 0.3) is 0 Å². The summed E-state index contributed by atoms with van der Waals surface area (Å²) in [6, 6.07) is 4.57. The number of Topliss-reactive ketones (excluding diaryl/α,β-unsaturated/α-hetero) is 1. The summed E-state index contributed by atoms with van der Waals surface area (Å²) < 4.78 is 0.599. The first kappa shape index (κ1) is 12.7. The fraction of sp³-hybridized carbons (Fsp3) is 0.200. The summed E-state index contributed by atoms with van der Waals surface area (Å²) >= 11 is 14.2. The summed E-state index contributed by atoms with van der Waals surface area (Å²) in [5.41, 5.74) is 0.643. The van der Waals surface area contributed by atoms with Crippen LogP contribution in [0.2, 0.25) is 0 Å². The molecule has 0 saturated carbocycles. The van der Waals surface area contributed by atoms with Gasteiger partial charge >= 0.3 is 0 Å². The summed E-state index contributed by atoms with van der Waals surface area (Å²) in [7, 11) is 0. The normalized spacial score (nSPS) is 12.3. The maximum absolute atomic E-state index is 11.6. The summed E-state index contributed by atoms with van der Waals surface area (Å²) in [4.78, 5) is 22.5. The van der Waals surface area contributed by atoms with Gasteiger partial charge in [-0.05, 0) is 36.7 Å². The Balaban J connectivity index is 3.22. The van der Waals surface area contributed by atoms with Gasteiger partial charge in [-0.2, -0.15) is 0 Å².